The van der Waals surface area contributed by atoms with Crippen LogP contribution in [0.4, 0.5) is 10.2 Å². The van der Waals surface area contributed by atoms with Crippen LogP contribution >= 0.6 is 0 Å². The quantitative estimate of drug-likeness (QED) is 0.439. The normalized spacial score (nSPS) is 17.2. The van der Waals surface area contributed by atoms with E-state index in [9.17, 15) is 14.0 Å². The number of nitrogens with zero attached hydrogens (tertiary/aromatic N) is 5. The number of halogens is 1. The molecule has 2 amide bonds. The first-order chi connectivity index (χ1) is 19.0. The maximum absolute atomic E-state index is 13.4. The molecule has 0 N–H and O–H groups in total. The molecule has 9 nitrogen and oxygen atoms in total. The SMILES string of the molecule is COc1ccc(-c2ccc(N3CCN(C(=O)CN(C[C@@H]4CCCO4)C(=O)c4ccc(F)cc4)CC3)nn2)cc1. The molecule has 0 spiro atoms. The van der Waals surface area contributed by atoms with Crippen LogP contribution in [0, 0.1) is 5.82 Å². The summed E-state index contributed by atoms with van der Waals surface area (Å²) in [5.74, 6) is 0.705. The molecule has 0 radical (unpaired) electrons. The first-order valence-electron chi connectivity index (χ1n) is 13.2. The van der Waals surface area contributed by atoms with Crippen molar-refractivity contribution in [3.8, 4) is 17.0 Å². The molecule has 3 heterocycles. The number of carbonyl (C=O) groups is 2. The lowest BCUT2D eigenvalue weighted by atomic mass is 10.1. The van der Waals surface area contributed by atoms with E-state index in [2.05, 4.69) is 15.1 Å². The third-order valence-electron chi connectivity index (χ3n) is 7.15. The molecule has 5 rings (SSSR count). The molecule has 2 saturated heterocycles. The molecule has 0 unspecified atom stereocenters. The van der Waals surface area contributed by atoms with Gasteiger partial charge in [-0.05, 0) is 73.5 Å². The zero-order chi connectivity index (χ0) is 27.2. The van der Waals surface area contributed by atoms with E-state index in [-0.39, 0.29) is 24.5 Å². The van der Waals surface area contributed by atoms with Crippen LogP contribution in [0.1, 0.15) is 23.2 Å². The predicted octanol–water partition coefficient (Wildman–Crippen LogP) is 3.26. The van der Waals surface area contributed by atoms with E-state index in [0.29, 0.717) is 44.9 Å². The maximum Gasteiger partial charge on any atom is 0.254 e. The summed E-state index contributed by atoms with van der Waals surface area (Å²) in [6.45, 7) is 3.19. The predicted molar refractivity (Wildman–Crippen MR) is 144 cm³/mol. The lowest BCUT2D eigenvalue weighted by molar-refractivity contribution is -0.132. The molecule has 39 heavy (non-hydrogen) atoms. The average molecular weight is 534 g/mol. The Bertz CT molecular complexity index is 1260. The fourth-order valence-electron chi connectivity index (χ4n) is 4.89. The van der Waals surface area contributed by atoms with Crippen LogP contribution in [0.15, 0.2) is 60.7 Å². The highest BCUT2D eigenvalue weighted by Gasteiger charge is 2.29. The molecule has 2 aliphatic rings. The van der Waals surface area contributed by atoms with Crippen molar-refractivity contribution in [1.82, 2.24) is 20.0 Å². The number of rotatable bonds is 8. The topological polar surface area (TPSA) is 88.1 Å². The molecule has 3 aromatic rings. The summed E-state index contributed by atoms with van der Waals surface area (Å²) in [5, 5.41) is 8.79. The van der Waals surface area contributed by atoms with E-state index in [0.717, 1.165) is 35.7 Å². The molecule has 2 aliphatic heterocycles. The van der Waals surface area contributed by atoms with Gasteiger partial charge < -0.3 is 24.2 Å². The molecule has 10 heteroatoms. The number of anilines is 1. The van der Waals surface area contributed by atoms with Crippen molar-refractivity contribution in [2.24, 2.45) is 0 Å². The van der Waals surface area contributed by atoms with E-state index in [1.807, 2.05) is 36.4 Å². The van der Waals surface area contributed by atoms with E-state index in [4.69, 9.17) is 9.47 Å². The van der Waals surface area contributed by atoms with Crippen molar-refractivity contribution in [3.05, 3.63) is 72.0 Å². The third-order valence-corrected chi connectivity index (χ3v) is 7.15. The molecule has 2 aromatic carbocycles. The fourth-order valence-corrected chi connectivity index (χ4v) is 4.89. The second-order valence-corrected chi connectivity index (χ2v) is 9.70. The Morgan fingerprint density at radius 2 is 1.74 bits per heavy atom. The number of ether oxygens (including phenoxy) is 2. The van der Waals surface area contributed by atoms with Crippen LogP contribution in [0.2, 0.25) is 0 Å². The Labute approximate surface area is 227 Å². The van der Waals surface area contributed by atoms with E-state index in [1.54, 1.807) is 12.0 Å². The Balaban J connectivity index is 1.18. The maximum atomic E-state index is 13.4. The lowest BCUT2D eigenvalue weighted by Crippen LogP contribution is -2.52. The summed E-state index contributed by atoms with van der Waals surface area (Å²) in [6, 6.07) is 16.9. The standard InChI is InChI=1S/C29H32FN5O4/c1-38-24-10-6-21(7-11-24)26-12-13-27(32-31-26)33-14-16-34(17-15-33)28(36)20-35(19-25-3-2-18-39-25)29(37)22-4-8-23(30)9-5-22/h4-13,25H,2-3,14-20H2,1H3/t25-/m0/s1. The minimum absolute atomic E-state index is 0.0492. The number of methoxy groups -OCH3 is 1. The van der Waals surface area contributed by atoms with Crippen LogP contribution in [0.5, 0.6) is 5.75 Å². The number of amides is 2. The number of aromatic nitrogens is 2. The van der Waals surface area contributed by atoms with Gasteiger partial charge in [0, 0.05) is 50.5 Å². The van der Waals surface area contributed by atoms with Crippen molar-refractivity contribution in [1.29, 1.82) is 0 Å². The van der Waals surface area contributed by atoms with Gasteiger partial charge in [-0.25, -0.2) is 4.39 Å². The van der Waals surface area contributed by atoms with E-state index in [1.165, 1.54) is 29.2 Å². The molecule has 1 atom stereocenters. The van der Waals surface area contributed by atoms with Gasteiger partial charge in [-0.1, -0.05) is 0 Å². The highest BCUT2D eigenvalue weighted by molar-refractivity contribution is 5.96. The molecule has 0 bridgehead atoms. The Morgan fingerprint density at radius 3 is 2.36 bits per heavy atom. The second-order valence-electron chi connectivity index (χ2n) is 9.70. The van der Waals surface area contributed by atoms with Gasteiger partial charge in [-0.2, -0.15) is 0 Å². The Hall–Kier alpha value is -4.05. The lowest BCUT2D eigenvalue weighted by Gasteiger charge is -2.36. The first kappa shape index (κ1) is 26.6. The van der Waals surface area contributed by atoms with Crippen molar-refractivity contribution in [2.75, 3.05) is 57.9 Å². The summed E-state index contributed by atoms with van der Waals surface area (Å²) >= 11 is 0. The second kappa shape index (κ2) is 12.2. The van der Waals surface area contributed by atoms with Gasteiger partial charge in [0.2, 0.25) is 5.91 Å². The highest BCUT2D eigenvalue weighted by atomic mass is 19.1. The summed E-state index contributed by atoms with van der Waals surface area (Å²) in [4.78, 5) is 31.8. The molecule has 2 fully saturated rings. The third kappa shape index (κ3) is 6.51. The van der Waals surface area contributed by atoms with Crippen LogP contribution < -0.4 is 9.64 Å². The van der Waals surface area contributed by atoms with Crippen molar-refractivity contribution < 1.29 is 23.5 Å². The minimum atomic E-state index is -0.411. The zero-order valence-corrected chi connectivity index (χ0v) is 22.0. The number of hydrogen-bond acceptors (Lipinski definition) is 7. The number of carbonyl (C=O) groups excluding carboxylic acids is 2. The largest absolute Gasteiger partial charge is 0.497 e. The van der Waals surface area contributed by atoms with Gasteiger partial charge in [-0.3, -0.25) is 9.59 Å². The zero-order valence-electron chi connectivity index (χ0n) is 22.0. The van der Waals surface area contributed by atoms with Gasteiger partial charge in [0.15, 0.2) is 5.82 Å². The molecule has 204 valence electrons. The average Bonchev–Trinajstić information content (AvgIpc) is 3.50. The number of piperazine rings is 1. The van der Waals surface area contributed by atoms with Gasteiger partial charge >= 0.3 is 0 Å². The monoisotopic (exact) mass is 533 g/mol. The van der Waals surface area contributed by atoms with Gasteiger partial charge in [0.25, 0.3) is 5.91 Å². The molecular weight excluding hydrogens is 501 g/mol. The van der Waals surface area contributed by atoms with E-state index >= 15 is 0 Å². The van der Waals surface area contributed by atoms with Gasteiger partial charge in [-0.15, -0.1) is 10.2 Å². The highest BCUT2D eigenvalue weighted by Crippen LogP contribution is 2.22. The van der Waals surface area contributed by atoms with E-state index < -0.39 is 5.82 Å². The van der Waals surface area contributed by atoms with Crippen LogP contribution in [-0.2, 0) is 9.53 Å². The van der Waals surface area contributed by atoms with Gasteiger partial charge in [0.1, 0.15) is 18.1 Å². The first-order valence-corrected chi connectivity index (χ1v) is 13.2. The summed E-state index contributed by atoms with van der Waals surface area (Å²) in [6.07, 6.45) is 1.68. The number of hydrogen-bond donors (Lipinski definition) is 0. The summed E-state index contributed by atoms with van der Waals surface area (Å²) < 4.78 is 24.3. The number of benzene rings is 2. The Morgan fingerprint density at radius 1 is 1.00 bits per heavy atom. The van der Waals surface area contributed by atoms with Crippen LogP contribution in [0.3, 0.4) is 0 Å². The van der Waals surface area contributed by atoms with Gasteiger partial charge in [0.05, 0.1) is 18.9 Å². The van der Waals surface area contributed by atoms with Crippen molar-refractivity contribution in [3.63, 3.8) is 0 Å². The summed E-state index contributed by atoms with van der Waals surface area (Å²) in [7, 11) is 1.63. The molecule has 0 saturated carbocycles. The Kier molecular flexibility index (Phi) is 8.31. The molecule has 0 aliphatic carbocycles. The van der Waals surface area contributed by atoms with Crippen molar-refractivity contribution >= 4 is 17.6 Å². The minimum Gasteiger partial charge on any atom is -0.497 e. The molecule has 1 aromatic heterocycles. The molecular formula is C29H32FN5O4. The van der Waals surface area contributed by atoms with Crippen molar-refractivity contribution in [2.45, 2.75) is 18.9 Å². The smallest absolute Gasteiger partial charge is 0.254 e. The fraction of sp³-hybridized carbons (Fsp3) is 0.379. The van der Waals surface area contributed by atoms with Crippen LogP contribution in [0.25, 0.3) is 11.3 Å². The van der Waals surface area contributed by atoms with Crippen LogP contribution in [-0.4, -0.2) is 90.9 Å². The summed E-state index contributed by atoms with van der Waals surface area (Å²) in [5.41, 5.74) is 2.07.